The van der Waals surface area contributed by atoms with Gasteiger partial charge in [0.1, 0.15) is 11.6 Å². The molecule has 7 nitrogen and oxygen atoms in total. The highest BCUT2D eigenvalue weighted by atomic mass is 32.1. The Morgan fingerprint density at radius 1 is 1.03 bits per heavy atom. The Kier molecular flexibility index (Phi) is 7.59. The number of alkyl halides is 3. The van der Waals surface area contributed by atoms with Crippen LogP contribution in [0.2, 0.25) is 0 Å². The summed E-state index contributed by atoms with van der Waals surface area (Å²) in [4.78, 5) is 11.5. The summed E-state index contributed by atoms with van der Waals surface area (Å²) in [5, 5.41) is 9.09. The van der Waals surface area contributed by atoms with Crippen LogP contribution in [0.1, 0.15) is 48.8 Å². The van der Waals surface area contributed by atoms with Gasteiger partial charge in [0.25, 0.3) is 0 Å². The van der Waals surface area contributed by atoms with Crippen molar-refractivity contribution < 1.29 is 22.0 Å². The summed E-state index contributed by atoms with van der Waals surface area (Å²) in [6.45, 7) is 0.863. The summed E-state index contributed by atoms with van der Waals surface area (Å²) in [7, 11) is 0. The van der Waals surface area contributed by atoms with Crippen molar-refractivity contribution in [2.45, 2.75) is 57.8 Å². The molecule has 3 aromatic rings. The summed E-state index contributed by atoms with van der Waals surface area (Å²) in [5.74, 6) is 0.535. The molecule has 1 aromatic carbocycles. The van der Waals surface area contributed by atoms with E-state index >= 15 is 0 Å². The number of aryl methyl sites for hydroxylation is 2. The van der Waals surface area contributed by atoms with Crippen LogP contribution in [0.5, 0.6) is 0 Å². The monoisotopic (exact) mass is 501 g/mol. The van der Waals surface area contributed by atoms with Crippen molar-refractivity contribution >= 4 is 22.6 Å². The Hall–Kier alpha value is -2.83. The normalized spacial score (nSPS) is 18.4. The van der Waals surface area contributed by atoms with Gasteiger partial charge in [0.05, 0.1) is 0 Å². The first-order chi connectivity index (χ1) is 16.3. The molecule has 0 spiro atoms. The number of benzene rings is 1. The van der Waals surface area contributed by atoms with E-state index in [2.05, 4.69) is 24.7 Å². The second kappa shape index (κ2) is 10.6. The molecule has 1 saturated heterocycles. The number of hydrogen-bond acceptors (Lipinski definition) is 7. The topological polar surface area (TPSA) is 71.8 Å². The SMILES string of the molecule is Cc1nsc(N2CCC(Nc3nc4n(n3)CCCC4c3ccc(F)c(F)c3)CC2)n1.FC(F)F. The van der Waals surface area contributed by atoms with Gasteiger partial charge in [-0.05, 0) is 50.3 Å². The highest BCUT2D eigenvalue weighted by Crippen LogP contribution is 2.33. The van der Waals surface area contributed by atoms with Crippen LogP contribution in [0.15, 0.2) is 18.2 Å². The molecule has 0 bridgehead atoms. The van der Waals surface area contributed by atoms with Gasteiger partial charge in [0.15, 0.2) is 11.6 Å². The van der Waals surface area contributed by atoms with Crippen molar-refractivity contribution in [1.29, 1.82) is 0 Å². The quantitative estimate of drug-likeness (QED) is 0.513. The Morgan fingerprint density at radius 3 is 2.41 bits per heavy atom. The number of rotatable bonds is 4. The Labute approximate surface area is 197 Å². The lowest BCUT2D eigenvalue weighted by Crippen LogP contribution is -2.39. The fraction of sp³-hybridized carbons (Fsp3) is 0.524. The summed E-state index contributed by atoms with van der Waals surface area (Å²) in [5.41, 5.74) is 0.745. The molecule has 1 atom stereocenters. The highest BCUT2D eigenvalue weighted by Gasteiger charge is 2.28. The van der Waals surface area contributed by atoms with Gasteiger partial charge in [-0.15, -0.1) is 5.10 Å². The summed E-state index contributed by atoms with van der Waals surface area (Å²) in [6.07, 6.45) is 3.71. The van der Waals surface area contributed by atoms with Gasteiger partial charge in [-0.1, -0.05) is 6.07 Å². The molecule has 1 unspecified atom stereocenters. The van der Waals surface area contributed by atoms with Gasteiger partial charge in [-0.2, -0.15) is 22.5 Å². The molecule has 4 heterocycles. The minimum absolute atomic E-state index is 0.0700. The Morgan fingerprint density at radius 2 is 1.76 bits per heavy atom. The molecule has 5 rings (SSSR count). The minimum Gasteiger partial charge on any atom is -0.350 e. The van der Waals surface area contributed by atoms with Crippen molar-refractivity contribution in [3.8, 4) is 0 Å². The molecule has 2 aromatic heterocycles. The third kappa shape index (κ3) is 5.80. The Bertz CT molecular complexity index is 1090. The van der Waals surface area contributed by atoms with Crippen molar-refractivity contribution in [3.63, 3.8) is 0 Å². The zero-order valence-electron chi connectivity index (χ0n) is 18.4. The maximum absolute atomic E-state index is 13.7. The lowest BCUT2D eigenvalue weighted by molar-refractivity contribution is 0.00819. The van der Waals surface area contributed by atoms with Gasteiger partial charge in [0.2, 0.25) is 11.1 Å². The molecule has 34 heavy (non-hydrogen) atoms. The molecule has 2 aliphatic rings. The average molecular weight is 502 g/mol. The van der Waals surface area contributed by atoms with Crippen LogP contribution in [0.3, 0.4) is 0 Å². The molecule has 0 radical (unpaired) electrons. The fourth-order valence-electron chi connectivity index (χ4n) is 4.27. The van der Waals surface area contributed by atoms with E-state index in [1.807, 2.05) is 11.6 Å². The predicted octanol–water partition coefficient (Wildman–Crippen LogP) is 4.90. The number of hydrogen-bond donors (Lipinski definition) is 1. The lowest BCUT2D eigenvalue weighted by atomic mass is 9.91. The van der Waals surface area contributed by atoms with Crippen LogP contribution in [-0.4, -0.2) is 49.9 Å². The third-order valence-electron chi connectivity index (χ3n) is 5.84. The number of aromatic nitrogens is 5. The molecule has 1 fully saturated rings. The second-order valence-corrected chi connectivity index (χ2v) is 8.89. The first-order valence-corrected chi connectivity index (χ1v) is 11.7. The van der Waals surface area contributed by atoms with Crippen molar-refractivity contribution in [2.75, 3.05) is 23.3 Å². The summed E-state index contributed by atoms with van der Waals surface area (Å²) >= 11 is 1.45. The van der Waals surface area contributed by atoms with Crippen LogP contribution in [0.25, 0.3) is 0 Å². The van der Waals surface area contributed by atoms with Gasteiger partial charge in [-0.3, -0.25) is 0 Å². The van der Waals surface area contributed by atoms with Crippen LogP contribution in [-0.2, 0) is 6.54 Å². The molecule has 13 heteroatoms. The zero-order valence-corrected chi connectivity index (χ0v) is 19.2. The summed E-state index contributed by atoms with van der Waals surface area (Å²) in [6, 6.07) is 4.40. The predicted molar refractivity (Wildman–Crippen MR) is 118 cm³/mol. The van der Waals surface area contributed by atoms with E-state index in [-0.39, 0.29) is 5.92 Å². The Balaban J connectivity index is 0.000000636. The largest absolute Gasteiger partial charge is 0.379 e. The first-order valence-electron chi connectivity index (χ1n) is 10.9. The van der Waals surface area contributed by atoms with E-state index in [0.29, 0.717) is 12.0 Å². The lowest BCUT2D eigenvalue weighted by Gasteiger charge is -2.31. The highest BCUT2D eigenvalue weighted by molar-refractivity contribution is 7.09. The molecular formula is C21H24F5N7S. The van der Waals surface area contributed by atoms with Gasteiger partial charge < -0.3 is 10.2 Å². The summed E-state index contributed by atoms with van der Waals surface area (Å²) < 4.78 is 62.2. The maximum Gasteiger partial charge on any atom is 0.379 e. The molecule has 0 amide bonds. The smallest absolute Gasteiger partial charge is 0.350 e. The van der Waals surface area contributed by atoms with E-state index in [1.54, 1.807) is 6.07 Å². The number of anilines is 2. The standard InChI is InChI=1S/C20H23F2N7S.CHF3/c1-12-23-20(30-27-12)28-9-6-14(7-10-28)24-19-25-18-15(3-2-8-29(18)26-19)13-4-5-16(21)17(22)11-13;2-1(3)4/h4-5,11,14-15H,2-3,6-10H2,1H3,(H,24,26);1H. The second-order valence-electron chi connectivity index (χ2n) is 8.16. The molecule has 0 saturated carbocycles. The fourth-order valence-corrected chi connectivity index (χ4v) is 4.99. The van der Waals surface area contributed by atoms with E-state index < -0.39 is 18.3 Å². The molecule has 0 aliphatic carbocycles. The van der Waals surface area contributed by atoms with E-state index in [9.17, 15) is 22.0 Å². The van der Waals surface area contributed by atoms with Crippen LogP contribution < -0.4 is 10.2 Å². The number of fused-ring (bicyclic) bond motifs is 1. The molecule has 1 N–H and O–H groups in total. The molecule has 2 aliphatic heterocycles. The van der Waals surface area contributed by atoms with Crippen molar-refractivity contribution in [1.82, 2.24) is 24.1 Å². The number of halogens is 5. The molecular weight excluding hydrogens is 477 g/mol. The van der Waals surface area contributed by atoms with Gasteiger partial charge in [-0.25, -0.2) is 18.4 Å². The minimum atomic E-state index is -3.67. The number of piperidine rings is 1. The average Bonchev–Trinajstić information content (AvgIpc) is 3.41. The van der Waals surface area contributed by atoms with Crippen molar-refractivity contribution in [3.05, 3.63) is 47.0 Å². The van der Waals surface area contributed by atoms with E-state index in [0.717, 1.165) is 67.7 Å². The number of nitrogens with zero attached hydrogens (tertiary/aromatic N) is 6. The van der Waals surface area contributed by atoms with Crippen molar-refractivity contribution in [2.24, 2.45) is 0 Å². The van der Waals surface area contributed by atoms with E-state index in [4.69, 9.17) is 4.98 Å². The maximum atomic E-state index is 13.7. The zero-order chi connectivity index (χ0) is 24.2. The van der Waals surface area contributed by atoms with E-state index in [1.165, 1.54) is 23.7 Å². The first kappa shape index (κ1) is 24.3. The third-order valence-corrected chi connectivity index (χ3v) is 6.70. The van der Waals surface area contributed by atoms with Gasteiger partial charge in [0, 0.05) is 43.1 Å². The van der Waals surface area contributed by atoms with Crippen LogP contribution in [0.4, 0.5) is 33.0 Å². The molecule has 184 valence electrons. The van der Waals surface area contributed by atoms with Crippen LogP contribution in [0, 0.1) is 18.6 Å². The van der Waals surface area contributed by atoms with Crippen LogP contribution >= 0.6 is 11.5 Å². The van der Waals surface area contributed by atoms with Gasteiger partial charge >= 0.3 is 6.68 Å². The number of nitrogens with one attached hydrogen (secondary N) is 1.